The fourth-order valence-corrected chi connectivity index (χ4v) is 3.59. The summed E-state index contributed by atoms with van der Waals surface area (Å²) in [6.45, 7) is 7.54. The van der Waals surface area contributed by atoms with Crippen molar-refractivity contribution < 1.29 is 4.74 Å². The predicted molar refractivity (Wildman–Crippen MR) is 104 cm³/mol. The summed E-state index contributed by atoms with van der Waals surface area (Å²) in [5, 5.41) is 3.52. The molecule has 2 aromatic carbocycles. The molecule has 4 heteroatoms. The Balaban J connectivity index is 1.88. The van der Waals surface area contributed by atoms with Gasteiger partial charge in [0, 0.05) is 18.8 Å². The molecule has 1 aliphatic rings. The number of hydrogen-bond acceptors (Lipinski definition) is 3. The molecule has 3 nitrogen and oxygen atoms in total. The maximum atomic E-state index is 5.85. The second kappa shape index (κ2) is 7.88. The Morgan fingerprint density at radius 1 is 1.00 bits per heavy atom. The molecule has 0 bridgehead atoms. The summed E-state index contributed by atoms with van der Waals surface area (Å²) in [6.07, 6.45) is 0. The van der Waals surface area contributed by atoms with Gasteiger partial charge in [0.25, 0.3) is 0 Å². The summed E-state index contributed by atoms with van der Waals surface area (Å²) in [7, 11) is 0. The number of nitrogens with one attached hydrogen (secondary N) is 1. The maximum absolute atomic E-state index is 5.85. The van der Waals surface area contributed by atoms with Crippen LogP contribution in [0.15, 0.2) is 48.5 Å². The highest BCUT2D eigenvalue weighted by Gasteiger charge is 2.26. The number of benzene rings is 2. The number of para-hydroxylation sites is 1. The molecular formula is C20H24N2OS. The van der Waals surface area contributed by atoms with Gasteiger partial charge in [-0.25, -0.2) is 0 Å². The minimum Gasteiger partial charge on any atom is -0.379 e. The minimum atomic E-state index is 0.0732. The lowest BCUT2D eigenvalue weighted by molar-refractivity contribution is 0.0290. The van der Waals surface area contributed by atoms with E-state index in [-0.39, 0.29) is 6.04 Å². The van der Waals surface area contributed by atoms with Gasteiger partial charge in [-0.3, -0.25) is 4.90 Å². The van der Waals surface area contributed by atoms with Crippen LogP contribution in [-0.2, 0) is 4.74 Å². The van der Waals surface area contributed by atoms with E-state index < -0.39 is 0 Å². The van der Waals surface area contributed by atoms with Gasteiger partial charge in [0.1, 0.15) is 4.99 Å². The molecule has 1 N–H and O–H groups in total. The Kier molecular flexibility index (Phi) is 5.61. The molecule has 0 spiro atoms. The standard InChI is InChI=1S/C20H24N2OS/c1-15-7-6-8-16(2)18(15)21-20(24)19(17-9-4-3-5-10-17)22-11-13-23-14-12-22/h3-10,19H,11-14H2,1-2H3,(H,21,24)/t19-/m0/s1. The molecule has 0 unspecified atom stereocenters. The van der Waals surface area contributed by atoms with E-state index >= 15 is 0 Å². The summed E-state index contributed by atoms with van der Waals surface area (Å²) >= 11 is 5.85. The molecule has 126 valence electrons. The highest BCUT2D eigenvalue weighted by atomic mass is 32.1. The summed E-state index contributed by atoms with van der Waals surface area (Å²) in [4.78, 5) is 3.25. The number of nitrogens with zero attached hydrogens (tertiary/aromatic N) is 1. The highest BCUT2D eigenvalue weighted by molar-refractivity contribution is 7.80. The molecule has 0 amide bonds. The van der Waals surface area contributed by atoms with Gasteiger partial charge in [0.15, 0.2) is 0 Å². The lowest BCUT2D eigenvalue weighted by atomic mass is 10.0. The van der Waals surface area contributed by atoms with Gasteiger partial charge >= 0.3 is 0 Å². The molecule has 1 fully saturated rings. The second-order valence-electron chi connectivity index (χ2n) is 6.22. The third-order valence-corrected chi connectivity index (χ3v) is 4.83. The van der Waals surface area contributed by atoms with Crippen LogP contribution in [0.3, 0.4) is 0 Å². The van der Waals surface area contributed by atoms with Crippen molar-refractivity contribution in [1.82, 2.24) is 4.90 Å². The van der Waals surface area contributed by atoms with E-state index in [2.05, 4.69) is 66.5 Å². The van der Waals surface area contributed by atoms with Crippen LogP contribution in [-0.4, -0.2) is 36.2 Å². The molecule has 24 heavy (non-hydrogen) atoms. The van der Waals surface area contributed by atoms with Gasteiger partial charge in [-0.1, -0.05) is 60.7 Å². The van der Waals surface area contributed by atoms with Crippen LogP contribution < -0.4 is 5.32 Å². The SMILES string of the molecule is Cc1cccc(C)c1NC(=S)[C@H](c1ccccc1)N1CCOCC1. The second-order valence-corrected chi connectivity index (χ2v) is 6.66. The van der Waals surface area contributed by atoms with Crippen molar-refractivity contribution in [2.75, 3.05) is 31.6 Å². The summed E-state index contributed by atoms with van der Waals surface area (Å²) in [5.41, 5.74) is 4.78. The van der Waals surface area contributed by atoms with E-state index in [4.69, 9.17) is 17.0 Å². The fourth-order valence-electron chi connectivity index (χ4n) is 3.20. The van der Waals surface area contributed by atoms with Crippen LogP contribution in [0.4, 0.5) is 5.69 Å². The number of hydrogen-bond donors (Lipinski definition) is 1. The van der Waals surface area contributed by atoms with E-state index in [1.807, 2.05) is 6.07 Å². The van der Waals surface area contributed by atoms with Gasteiger partial charge in [-0.15, -0.1) is 0 Å². The average molecular weight is 340 g/mol. The van der Waals surface area contributed by atoms with E-state index in [1.54, 1.807) is 0 Å². The average Bonchev–Trinajstić information content (AvgIpc) is 2.60. The zero-order valence-corrected chi connectivity index (χ0v) is 15.1. The summed E-state index contributed by atoms with van der Waals surface area (Å²) < 4.78 is 5.52. The predicted octanol–water partition coefficient (Wildman–Crippen LogP) is 4.12. The lowest BCUT2D eigenvalue weighted by Gasteiger charge is -2.35. The quantitative estimate of drug-likeness (QED) is 0.847. The summed E-state index contributed by atoms with van der Waals surface area (Å²) in [6, 6.07) is 16.9. The molecule has 1 aliphatic heterocycles. The van der Waals surface area contributed by atoms with Gasteiger partial charge in [0.05, 0.1) is 19.3 Å². The number of rotatable bonds is 4. The van der Waals surface area contributed by atoms with E-state index in [9.17, 15) is 0 Å². The van der Waals surface area contributed by atoms with Crippen LogP contribution in [0.1, 0.15) is 22.7 Å². The van der Waals surface area contributed by atoms with Crippen molar-refractivity contribution in [3.05, 3.63) is 65.2 Å². The monoisotopic (exact) mass is 340 g/mol. The Morgan fingerprint density at radius 2 is 1.62 bits per heavy atom. The number of ether oxygens (including phenoxy) is 1. The van der Waals surface area contributed by atoms with Crippen LogP contribution in [0.2, 0.25) is 0 Å². The molecule has 1 atom stereocenters. The number of thiocarbonyl (C=S) groups is 1. The largest absolute Gasteiger partial charge is 0.379 e. The smallest absolute Gasteiger partial charge is 0.102 e. The first-order chi connectivity index (χ1) is 11.7. The molecule has 1 saturated heterocycles. The zero-order valence-electron chi connectivity index (χ0n) is 14.3. The number of aryl methyl sites for hydroxylation is 2. The Bertz CT molecular complexity index is 676. The molecule has 2 aromatic rings. The Hall–Kier alpha value is -1.75. The van der Waals surface area contributed by atoms with Crippen molar-refractivity contribution in [1.29, 1.82) is 0 Å². The number of anilines is 1. The van der Waals surface area contributed by atoms with E-state index in [1.165, 1.54) is 16.7 Å². The topological polar surface area (TPSA) is 24.5 Å². The zero-order chi connectivity index (χ0) is 16.9. The first kappa shape index (κ1) is 17.1. The van der Waals surface area contributed by atoms with E-state index in [0.717, 1.165) is 37.0 Å². The fraction of sp³-hybridized carbons (Fsp3) is 0.350. The van der Waals surface area contributed by atoms with Gasteiger partial charge in [-0.2, -0.15) is 0 Å². The van der Waals surface area contributed by atoms with E-state index in [0.29, 0.717) is 0 Å². The van der Waals surface area contributed by atoms with Crippen molar-refractivity contribution in [3.63, 3.8) is 0 Å². The van der Waals surface area contributed by atoms with Crippen LogP contribution >= 0.6 is 12.2 Å². The van der Waals surface area contributed by atoms with Crippen molar-refractivity contribution >= 4 is 22.9 Å². The Morgan fingerprint density at radius 3 is 2.25 bits per heavy atom. The Labute approximate surface area is 149 Å². The summed E-state index contributed by atoms with van der Waals surface area (Å²) in [5.74, 6) is 0. The molecule has 0 aromatic heterocycles. The van der Waals surface area contributed by atoms with Crippen LogP contribution in [0.5, 0.6) is 0 Å². The normalized spacial score (nSPS) is 16.6. The first-order valence-corrected chi connectivity index (χ1v) is 8.81. The number of morpholine rings is 1. The van der Waals surface area contributed by atoms with Gasteiger partial charge in [0.2, 0.25) is 0 Å². The van der Waals surface area contributed by atoms with Gasteiger partial charge < -0.3 is 10.1 Å². The molecule has 1 heterocycles. The third-order valence-electron chi connectivity index (χ3n) is 4.50. The lowest BCUT2D eigenvalue weighted by Crippen LogP contribution is -2.43. The first-order valence-electron chi connectivity index (χ1n) is 8.40. The third kappa shape index (κ3) is 3.83. The van der Waals surface area contributed by atoms with Crippen molar-refractivity contribution in [3.8, 4) is 0 Å². The molecule has 0 aliphatic carbocycles. The van der Waals surface area contributed by atoms with Gasteiger partial charge in [-0.05, 0) is 30.5 Å². The molecule has 3 rings (SSSR count). The molecule has 0 saturated carbocycles. The molecule has 0 radical (unpaired) electrons. The van der Waals surface area contributed by atoms with Crippen molar-refractivity contribution in [2.45, 2.75) is 19.9 Å². The van der Waals surface area contributed by atoms with Crippen molar-refractivity contribution in [2.24, 2.45) is 0 Å². The molecular weight excluding hydrogens is 316 g/mol. The highest BCUT2D eigenvalue weighted by Crippen LogP contribution is 2.27. The minimum absolute atomic E-state index is 0.0732. The van der Waals surface area contributed by atoms with Crippen LogP contribution in [0.25, 0.3) is 0 Å². The van der Waals surface area contributed by atoms with Crippen LogP contribution in [0, 0.1) is 13.8 Å². The maximum Gasteiger partial charge on any atom is 0.102 e.